The zero-order chi connectivity index (χ0) is 14.5. The molecule has 1 amide bonds. The molecule has 3 unspecified atom stereocenters. The third kappa shape index (κ3) is 1.95. The fourth-order valence-corrected chi connectivity index (χ4v) is 4.64. The van der Waals surface area contributed by atoms with E-state index in [0.29, 0.717) is 16.5 Å². The largest absolute Gasteiger partial charge is 0.348 e. The number of carbonyl (C=O) groups is 1. The highest BCUT2D eigenvalue weighted by Gasteiger charge is 2.59. The predicted octanol–water partition coefficient (Wildman–Crippen LogP) is 3.68. The summed E-state index contributed by atoms with van der Waals surface area (Å²) >= 11 is 6.07. The number of fused-ring (bicyclic) bond motifs is 2. The number of nitrogens with one attached hydrogen (secondary N) is 1. The Bertz CT molecular complexity index is 552. The van der Waals surface area contributed by atoms with Crippen LogP contribution in [0.25, 0.3) is 0 Å². The molecule has 4 heteroatoms. The van der Waals surface area contributed by atoms with Gasteiger partial charge in [-0.05, 0) is 42.1 Å². The fourth-order valence-electron chi connectivity index (χ4n) is 4.43. The Labute approximate surface area is 125 Å². The molecule has 2 aliphatic carbocycles. The Morgan fingerprint density at radius 3 is 2.80 bits per heavy atom. The van der Waals surface area contributed by atoms with Gasteiger partial charge in [0, 0.05) is 18.4 Å². The summed E-state index contributed by atoms with van der Waals surface area (Å²) < 4.78 is 0. The van der Waals surface area contributed by atoms with Crippen LogP contribution < -0.4 is 5.32 Å². The molecule has 2 bridgehead atoms. The van der Waals surface area contributed by atoms with Crippen LogP contribution in [0.1, 0.15) is 50.4 Å². The van der Waals surface area contributed by atoms with Crippen LogP contribution in [0.2, 0.25) is 5.02 Å². The summed E-state index contributed by atoms with van der Waals surface area (Å²) in [6, 6.07) is 1.89. The van der Waals surface area contributed by atoms with Crippen molar-refractivity contribution in [2.24, 2.45) is 16.7 Å². The van der Waals surface area contributed by atoms with Gasteiger partial charge in [0.1, 0.15) is 0 Å². The van der Waals surface area contributed by atoms with Crippen molar-refractivity contribution in [3.05, 3.63) is 29.0 Å². The first-order chi connectivity index (χ1) is 9.34. The van der Waals surface area contributed by atoms with Crippen LogP contribution in [0.15, 0.2) is 18.5 Å². The maximum Gasteiger partial charge on any atom is 0.253 e. The fraction of sp³-hybridized carbons (Fsp3) is 0.625. The molecule has 3 nitrogen and oxygen atoms in total. The molecule has 1 aromatic rings. The SMILES string of the molecule is CC12CCC(C1)C(C)(C)C2NC(=O)c1ccncc1Cl. The minimum absolute atomic E-state index is 0.0794. The first-order valence-corrected chi connectivity index (χ1v) is 7.63. The lowest BCUT2D eigenvalue weighted by molar-refractivity contribution is 0.0737. The number of halogens is 1. The molecule has 2 aliphatic rings. The van der Waals surface area contributed by atoms with Crippen molar-refractivity contribution in [3.8, 4) is 0 Å². The highest BCUT2D eigenvalue weighted by molar-refractivity contribution is 6.33. The predicted molar refractivity (Wildman–Crippen MR) is 79.7 cm³/mol. The number of rotatable bonds is 2. The smallest absolute Gasteiger partial charge is 0.253 e. The number of nitrogens with zero attached hydrogens (tertiary/aromatic N) is 1. The van der Waals surface area contributed by atoms with Gasteiger partial charge in [0.2, 0.25) is 0 Å². The number of hydrogen-bond acceptors (Lipinski definition) is 2. The molecule has 3 rings (SSSR count). The Hall–Kier alpha value is -1.09. The summed E-state index contributed by atoms with van der Waals surface area (Å²) in [5.41, 5.74) is 0.898. The quantitative estimate of drug-likeness (QED) is 0.903. The van der Waals surface area contributed by atoms with Crippen molar-refractivity contribution in [2.45, 2.75) is 46.1 Å². The van der Waals surface area contributed by atoms with E-state index in [9.17, 15) is 4.79 Å². The van der Waals surface area contributed by atoms with Crippen molar-refractivity contribution in [2.75, 3.05) is 0 Å². The van der Waals surface area contributed by atoms with Gasteiger partial charge in [0.05, 0.1) is 10.6 Å². The van der Waals surface area contributed by atoms with Crippen molar-refractivity contribution < 1.29 is 4.79 Å². The summed E-state index contributed by atoms with van der Waals surface area (Å²) in [5, 5.41) is 3.66. The van der Waals surface area contributed by atoms with Crippen molar-refractivity contribution in [1.29, 1.82) is 0 Å². The second-order valence-electron chi connectivity index (χ2n) is 7.18. The second kappa shape index (κ2) is 4.45. The molecule has 1 N–H and O–H groups in total. The number of pyridine rings is 1. The minimum Gasteiger partial charge on any atom is -0.348 e. The Balaban J connectivity index is 1.85. The Morgan fingerprint density at radius 2 is 2.20 bits per heavy atom. The van der Waals surface area contributed by atoms with Crippen molar-refractivity contribution in [3.63, 3.8) is 0 Å². The summed E-state index contributed by atoms with van der Waals surface area (Å²) in [4.78, 5) is 16.4. The van der Waals surface area contributed by atoms with Crippen LogP contribution in [0, 0.1) is 16.7 Å². The van der Waals surface area contributed by atoms with Gasteiger partial charge in [-0.1, -0.05) is 32.4 Å². The Kier molecular flexibility index (Phi) is 3.09. The van der Waals surface area contributed by atoms with Crippen LogP contribution in [0.4, 0.5) is 0 Å². The van der Waals surface area contributed by atoms with Gasteiger partial charge in [-0.25, -0.2) is 0 Å². The van der Waals surface area contributed by atoms with E-state index in [1.54, 1.807) is 12.3 Å². The van der Waals surface area contributed by atoms with Gasteiger partial charge in [-0.15, -0.1) is 0 Å². The first kappa shape index (κ1) is 13.9. The summed E-state index contributed by atoms with van der Waals surface area (Å²) in [7, 11) is 0. The number of carbonyl (C=O) groups excluding carboxylic acids is 1. The lowest BCUT2D eigenvalue weighted by atomic mass is 9.68. The van der Waals surface area contributed by atoms with Crippen molar-refractivity contribution in [1.82, 2.24) is 10.3 Å². The highest BCUT2D eigenvalue weighted by atomic mass is 35.5. The highest BCUT2D eigenvalue weighted by Crippen LogP contribution is 2.62. The monoisotopic (exact) mass is 292 g/mol. The van der Waals surface area contributed by atoms with E-state index < -0.39 is 0 Å². The van der Waals surface area contributed by atoms with Crippen LogP contribution in [-0.2, 0) is 0 Å². The van der Waals surface area contributed by atoms with E-state index in [1.165, 1.54) is 25.5 Å². The van der Waals surface area contributed by atoms with Crippen LogP contribution in [0.3, 0.4) is 0 Å². The van der Waals surface area contributed by atoms with E-state index >= 15 is 0 Å². The number of aromatic nitrogens is 1. The van der Waals surface area contributed by atoms with Gasteiger partial charge < -0.3 is 5.32 Å². The van der Waals surface area contributed by atoms with E-state index in [-0.39, 0.29) is 22.8 Å². The van der Waals surface area contributed by atoms with Gasteiger partial charge in [-0.3, -0.25) is 9.78 Å². The Morgan fingerprint density at radius 1 is 1.45 bits per heavy atom. The van der Waals surface area contributed by atoms with Gasteiger partial charge in [0.25, 0.3) is 5.91 Å². The van der Waals surface area contributed by atoms with E-state index in [0.717, 1.165) is 0 Å². The summed E-state index contributed by atoms with van der Waals surface area (Å²) in [6.45, 7) is 6.86. The van der Waals surface area contributed by atoms with Crippen LogP contribution >= 0.6 is 11.6 Å². The molecule has 1 aromatic heterocycles. The van der Waals surface area contributed by atoms with Crippen molar-refractivity contribution >= 4 is 17.5 Å². The van der Waals surface area contributed by atoms with Gasteiger partial charge >= 0.3 is 0 Å². The molecular formula is C16H21ClN2O. The molecule has 0 aromatic carbocycles. The normalized spacial score (nSPS) is 34.2. The molecular weight excluding hydrogens is 272 g/mol. The molecule has 0 aliphatic heterocycles. The second-order valence-corrected chi connectivity index (χ2v) is 7.58. The zero-order valence-electron chi connectivity index (χ0n) is 12.2. The summed E-state index contributed by atoms with van der Waals surface area (Å²) in [6.07, 6.45) is 6.83. The third-order valence-corrected chi connectivity index (χ3v) is 5.86. The zero-order valence-corrected chi connectivity index (χ0v) is 13.0. The molecule has 0 radical (unpaired) electrons. The number of amides is 1. The molecule has 0 spiro atoms. The van der Waals surface area contributed by atoms with Crippen LogP contribution in [0.5, 0.6) is 0 Å². The van der Waals surface area contributed by atoms with E-state index in [2.05, 4.69) is 31.1 Å². The minimum atomic E-state index is -0.0794. The van der Waals surface area contributed by atoms with E-state index in [1.807, 2.05) is 0 Å². The van der Waals surface area contributed by atoms with E-state index in [4.69, 9.17) is 11.6 Å². The first-order valence-electron chi connectivity index (χ1n) is 7.25. The average molecular weight is 293 g/mol. The standard InChI is InChI=1S/C16H21ClN2O/c1-15(2)10-4-6-16(3,8-10)14(15)19-13(20)11-5-7-18-9-12(11)17/h5,7,9-10,14H,4,6,8H2,1-3H3,(H,19,20). The lowest BCUT2D eigenvalue weighted by Gasteiger charge is -2.43. The maximum atomic E-state index is 12.5. The molecule has 108 valence electrons. The average Bonchev–Trinajstić information content (AvgIpc) is 2.86. The molecule has 3 atom stereocenters. The lowest BCUT2D eigenvalue weighted by Crippen LogP contribution is -2.52. The summed E-state index contributed by atoms with van der Waals surface area (Å²) in [5.74, 6) is 0.634. The topological polar surface area (TPSA) is 42.0 Å². The third-order valence-electron chi connectivity index (χ3n) is 5.56. The maximum absolute atomic E-state index is 12.5. The molecule has 2 saturated carbocycles. The molecule has 20 heavy (non-hydrogen) atoms. The molecule has 1 heterocycles. The van der Waals surface area contributed by atoms with Gasteiger partial charge in [-0.2, -0.15) is 0 Å². The number of hydrogen-bond donors (Lipinski definition) is 1. The molecule has 0 saturated heterocycles. The van der Waals surface area contributed by atoms with Gasteiger partial charge in [0.15, 0.2) is 0 Å². The molecule has 2 fully saturated rings. The van der Waals surface area contributed by atoms with Crippen LogP contribution in [-0.4, -0.2) is 16.9 Å².